The van der Waals surface area contributed by atoms with Crippen LogP contribution in [0.2, 0.25) is 0 Å². The molecule has 0 saturated carbocycles. The Labute approximate surface area is 242 Å². The van der Waals surface area contributed by atoms with Gasteiger partial charge in [-0.2, -0.15) is 5.26 Å². The van der Waals surface area contributed by atoms with Gasteiger partial charge in [-0.15, -0.1) is 0 Å². The quantitative estimate of drug-likeness (QED) is 0.339. The number of nitrogens with zero attached hydrogens (tertiary/aromatic N) is 5. The second kappa shape index (κ2) is 12.7. The number of pyridine rings is 2. The van der Waals surface area contributed by atoms with E-state index in [4.69, 9.17) is 11.0 Å². The van der Waals surface area contributed by atoms with E-state index in [0.717, 1.165) is 24.2 Å². The van der Waals surface area contributed by atoms with Crippen molar-refractivity contribution in [2.75, 3.05) is 48.3 Å². The van der Waals surface area contributed by atoms with Crippen LogP contribution in [0.5, 0.6) is 0 Å². The van der Waals surface area contributed by atoms with Gasteiger partial charge in [0.25, 0.3) is 11.8 Å². The van der Waals surface area contributed by atoms with Crippen LogP contribution in [0, 0.1) is 11.3 Å². The average Bonchev–Trinajstić information content (AvgIpc) is 2.98. The summed E-state index contributed by atoms with van der Waals surface area (Å²) in [6, 6.07) is 14.2. The second-order valence-corrected chi connectivity index (χ2v) is 10.8. The van der Waals surface area contributed by atoms with Gasteiger partial charge < -0.3 is 26.2 Å². The third-order valence-electron chi connectivity index (χ3n) is 7.78. The summed E-state index contributed by atoms with van der Waals surface area (Å²) in [5, 5.41) is 15.3. The summed E-state index contributed by atoms with van der Waals surface area (Å²) < 4.78 is 42.0. The monoisotopic (exact) mass is 578 g/mol. The number of nitriles is 1. The third kappa shape index (κ3) is 7.28. The number of piperidine rings is 2. The normalized spacial score (nSPS) is 20.5. The number of hydrogen-bond donors (Lipinski definition) is 3. The van der Waals surface area contributed by atoms with Gasteiger partial charge in [-0.1, -0.05) is 12.1 Å². The highest BCUT2D eigenvalue weighted by atomic mass is 19.3. The number of hydrogen-bond acceptors (Lipinski definition) is 8. The van der Waals surface area contributed by atoms with Crippen LogP contribution < -0.4 is 21.3 Å². The number of anilines is 4. The van der Waals surface area contributed by atoms with E-state index in [1.807, 2.05) is 35.2 Å². The lowest BCUT2D eigenvalue weighted by atomic mass is 10.0. The minimum Gasteiger partial charge on any atom is -0.378 e. The first kappa shape index (κ1) is 29.1. The molecule has 2 saturated heterocycles. The number of alkyl halides is 3. The maximum atomic E-state index is 15.3. The number of benzene rings is 1. The van der Waals surface area contributed by atoms with Crippen molar-refractivity contribution in [3.63, 3.8) is 0 Å². The Morgan fingerprint density at radius 1 is 1.10 bits per heavy atom. The van der Waals surface area contributed by atoms with Crippen LogP contribution in [-0.2, 0) is 6.42 Å². The Hall–Kier alpha value is -4.37. The molecule has 220 valence electrons. The minimum absolute atomic E-state index is 0.0878. The zero-order valence-electron chi connectivity index (χ0n) is 23.1. The van der Waals surface area contributed by atoms with E-state index >= 15 is 4.39 Å². The Morgan fingerprint density at radius 2 is 1.86 bits per heavy atom. The van der Waals surface area contributed by atoms with Crippen molar-refractivity contribution in [2.45, 2.75) is 43.8 Å². The fourth-order valence-electron chi connectivity index (χ4n) is 5.25. The van der Waals surface area contributed by atoms with Crippen LogP contribution in [-0.4, -0.2) is 71.6 Å². The number of aromatic nitrogens is 2. The molecule has 0 spiro atoms. The molecule has 12 heteroatoms. The molecule has 4 heterocycles. The van der Waals surface area contributed by atoms with Crippen LogP contribution in [0.1, 0.15) is 40.7 Å². The smallest absolute Gasteiger partial charge is 0.252 e. The summed E-state index contributed by atoms with van der Waals surface area (Å²) in [7, 11) is 0. The third-order valence-corrected chi connectivity index (χ3v) is 7.78. The summed E-state index contributed by atoms with van der Waals surface area (Å²) >= 11 is 0. The van der Waals surface area contributed by atoms with Crippen molar-refractivity contribution in [3.05, 3.63) is 71.5 Å². The van der Waals surface area contributed by atoms with E-state index in [9.17, 15) is 13.6 Å². The van der Waals surface area contributed by atoms with E-state index < -0.39 is 24.0 Å². The first-order chi connectivity index (χ1) is 20.2. The first-order valence-electron chi connectivity index (χ1n) is 14.0. The van der Waals surface area contributed by atoms with Crippen molar-refractivity contribution >= 4 is 28.9 Å². The van der Waals surface area contributed by atoms with Gasteiger partial charge in [-0.3, -0.25) is 4.79 Å². The standard InChI is InChI=1S/C30H33F3N8O/c31-24-19-41(28-6-3-21(16-34)17-37-28)12-8-25(24)39-26-15-27(36-18-23(26)29(35)42)38-22-4-1-20(2-5-22)7-11-40-13-9-30(32,33)10-14-40/h1-6,15,17-18,24-25H,7-14,19H2,(H2,35,42)(H2,36,38,39)/t24-,25+/m0/s1. The Morgan fingerprint density at radius 3 is 2.50 bits per heavy atom. The molecule has 2 aliphatic rings. The number of primary amides is 1. The van der Waals surface area contributed by atoms with Crippen molar-refractivity contribution in [2.24, 2.45) is 5.73 Å². The van der Waals surface area contributed by atoms with Crippen molar-refractivity contribution in [1.29, 1.82) is 5.26 Å². The SMILES string of the molecule is N#Cc1ccc(N2CC[C@@H](Nc3cc(Nc4ccc(CCN5CCC(F)(F)CC5)cc4)ncc3C(N)=O)[C@@H](F)C2)nc1. The van der Waals surface area contributed by atoms with Crippen molar-refractivity contribution < 1.29 is 18.0 Å². The number of rotatable bonds is 9. The highest BCUT2D eigenvalue weighted by Gasteiger charge is 2.34. The van der Waals surface area contributed by atoms with Gasteiger partial charge in [-0.05, 0) is 42.7 Å². The van der Waals surface area contributed by atoms with E-state index in [0.29, 0.717) is 48.9 Å². The molecule has 3 aromatic rings. The number of nitrogens with two attached hydrogens (primary N) is 1. The van der Waals surface area contributed by atoms with Crippen molar-refractivity contribution in [3.8, 4) is 6.07 Å². The summed E-state index contributed by atoms with van der Waals surface area (Å²) in [5.41, 5.74) is 8.43. The van der Waals surface area contributed by atoms with E-state index in [1.165, 1.54) is 12.4 Å². The average molecular weight is 579 g/mol. The predicted molar refractivity (Wildman–Crippen MR) is 155 cm³/mol. The van der Waals surface area contributed by atoms with Gasteiger partial charge in [-0.25, -0.2) is 23.1 Å². The molecule has 1 aromatic carbocycles. The van der Waals surface area contributed by atoms with E-state index in [1.54, 1.807) is 18.2 Å². The lowest BCUT2D eigenvalue weighted by Crippen LogP contribution is -2.48. The number of nitrogens with one attached hydrogen (secondary N) is 2. The number of amides is 1. The molecular weight excluding hydrogens is 545 g/mol. The maximum Gasteiger partial charge on any atom is 0.252 e. The zero-order valence-corrected chi connectivity index (χ0v) is 23.1. The van der Waals surface area contributed by atoms with Gasteiger partial charge in [0.05, 0.1) is 29.4 Å². The van der Waals surface area contributed by atoms with E-state index in [2.05, 4.69) is 25.5 Å². The zero-order chi connectivity index (χ0) is 29.7. The lowest BCUT2D eigenvalue weighted by Gasteiger charge is -2.36. The van der Waals surface area contributed by atoms with Crippen molar-refractivity contribution in [1.82, 2.24) is 14.9 Å². The van der Waals surface area contributed by atoms with Gasteiger partial charge in [0.2, 0.25) is 0 Å². The fraction of sp³-hybridized carbons (Fsp3) is 0.400. The van der Waals surface area contributed by atoms with Gasteiger partial charge in [0.1, 0.15) is 23.9 Å². The molecule has 2 atom stereocenters. The van der Waals surface area contributed by atoms with E-state index in [-0.39, 0.29) is 24.9 Å². The maximum absolute atomic E-state index is 15.3. The summed E-state index contributed by atoms with van der Waals surface area (Å²) in [6.45, 7) is 2.19. The highest BCUT2D eigenvalue weighted by molar-refractivity contribution is 5.98. The van der Waals surface area contributed by atoms with Crippen LogP contribution in [0.4, 0.5) is 36.2 Å². The molecule has 5 rings (SSSR count). The molecule has 9 nitrogen and oxygen atoms in total. The molecule has 42 heavy (non-hydrogen) atoms. The summed E-state index contributed by atoms with van der Waals surface area (Å²) in [6.07, 6.45) is 2.61. The topological polar surface area (TPSA) is 123 Å². The molecule has 2 aromatic heterocycles. The molecule has 2 fully saturated rings. The molecule has 0 bridgehead atoms. The summed E-state index contributed by atoms with van der Waals surface area (Å²) in [4.78, 5) is 24.6. The highest BCUT2D eigenvalue weighted by Crippen LogP contribution is 2.29. The fourth-order valence-corrected chi connectivity index (χ4v) is 5.25. The molecule has 2 aliphatic heterocycles. The molecule has 0 aliphatic carbocycles. The van der Waals surface area contributed by atoms with Crippen LogP contribution in [0.25, 0.3) is 0 Å². The molecule has 1 amide bonds. The Bertz CT molecular complexity index is 1420. The first-order valence-corrected chi connectivity index (χ1v) is 14.0. The number of carbonyl (C=O) groups excluding carboxylic acids is 1. The molecule has 0 unspecified atom stereocenters. The summed E-state index contributed by atoms with van der Waals surface area (Å²) in [5.74, 6) is -2.16. The largest absolute Gasteiger partial charge is 0.378 e. The second-order valence-electron chi connectivity index (χ2n) is 10.8. The predicted octanol–water partition coefficient (Wildman–Crippen LogP) is 4.49. The number of likely N-dealkylation sites (tertiary alicyclic amines) is 1. The van der Waals surface area contributed by atoms with Gasteiger partial charge in [0, 0.05) is 63.2 Å². The molecule has 4 N–H and O–H groups in total. The van der Waals surface area contributed by atoms with Gasteiger partial charge in [0.15, 0.2) is 0 Å². The molecule has 0 radical (unpaired) electrons. The van der Waals surface area contributed by atoms with Gasteiger partial charge >= 0.3 is 0 Å². The Balaban J connectivity index is 1.19. The Kier molecular flexibility index (Phi) is 8.77. The number of carbonyl (C=O) groups is 1. The lowest BCUT2D eigenvalue weighted by molar-refractivity contribution is -0.0548. The minimum atomic E-state index is -2.54. The van der Waals surface area contributed by atoms with Crippen LogP contribution in [0.3, 0.4) is 0 Å². The van der Waals surface area contributed by atoms with Crippen LogP contribution in [0.15, 0.2) is 54.9 Å². The number of halogens is 3. The molecular formula is C30H33F3N8O. The van der Waals surface area contributed by atoms with Crippen LogP contribution >= 0.6 is 0 Å².